The van der Waals surface area contributed by atoms with E-state index in [-0.39, 0.29) is 0 Å². The van der Waals surface area contributed by atoms with Crippen LogP contribution in [0.1, 0.15) is 109 Å². The van der Waals surface area contributed by atoms with Crippen LogP contribution in [0.2, 0.25) is 0 Å². The maximum absolute atomic E-state index is 14.0. The van der Waals surface area contributed by atoms with Gasteiger partial charge in [0.05, 0.1) is 6.61 Å². The van der Waals surface area contributed by atoms with Gasteiger partial charge in [0.15, 0.2) is 5.82 Å². The average Bonchev–Trinajstić information content (AvgIpc) is 2.84. The Kier molecular flexibility index (Phi) is 14.5. The summed E-state index contributed by atoms with van der Waals surface area (Å²) in [5.74, 6) is 1.50. The maximum Gasteiger partial charge on any atom is 0.159 e. The molecule has 2 aromatic rings. The van der Waals surface area contributed by atoms with Crippen LogP contribution >= 0.6 is 0 Å². The minimum absolute atomic E-state index is 0.417. The van der Waals surface area contributed by atoms with E-state index in [1.807, 2.05) is 36.7 Å². The lowest BCUT2D eigenvalue weighted by Crippen LogP contribution is -2.07. The van der Waals surface area contributed by atoms with Crippen LogP contribution in [0.3, 0.4) is 0 Å². The highest BCUT2D eigenvalue weighted by Crippen LogP contribution is 2.20. The van der Waals surface area contributed by atoms with Crippen molar-refractivity contribution in [3.8, 4) is 17.1 Å². The zero-order valence-corrected chi connectivity index (χ0v) is 21.0. The fourth-order valence-electron chi connectivity index (χ4n) is 4.04. The van der Waals surface area contributed by atoms with Crippen LogP contribution in [0, 0.1) is 0 Å². The van der Waals surface area contributed by atoms with E-state index in [0.717, 1.165) is 36.4 Å². The van der Waals surface area contributed by atoms with Gasteiger partial charge in [-0.05, 0) is 49.1 Å². The Morgan fingerprint density at radius 2 is 1.30 bits per heavy atom. The minimum Gasteiger partial charge on any atom is -0.493 e. The van der Waals surface area contributed by atoms with Gasteiger partial charge in [0.25, 0.3) is 0 Å². The standard InChI is InChI=1S/C29H45FN2O/c1-3-5-7-9-11-13-15-25-23-31-29(32-24-25)26-17-19-28(20-18-26)33-22-21-27(30)16-14-12-10-8-6-4-2/h17-20,23-24,27H,3-16,21-22H2,1-2H3. The molecule has 0 saturated heterocycles. The number of hydrogen-bond acceptors (Lipinski definition) is 3. The van der Waals surface area contributed by atoms with Crippen LogP contribution < -0.4 is 4.74 Å². The van der Waals surface area contributed by atoms with E-state index in [9.17, 15) is 4.39 Å². The fourth-order valence-corrected chi connectivity index (χ4v) is 4.04. The molecule has 0 spiro atoms. The third-order valence-electron chi connectivity index (χ3n) is 6.21. The van der Waals surface area contributed by atoms with Crippen molar-refractivity contribution in [2.24, 2.45) is 0 Å². The summed E-state index contributed by atoms with van der Waals surface area (Å²) < 4.78 is 19.8. The van der Waals surface area contributed by atoms with Crippen molar-refractivity contribution >= 4 is 0 Å². The van der Waals surface area contributed by atoms with Crippen molar-refractivity contribution < 1.29 is 9.13 Å². The molecule has 33 heavy (non-hydrogen) atoms. The summed E-state index contributed by atoms with van der Waals surface area (Å²) in [5.41, 5.74) is 2.18. The molecule has 0 aliphatic carbocycles. The van der Waals surface area contributed by atoms with Gasteiger partial charge in [-0.3, -0.25) is 0 Å². The van der Waals surface area contributed by atoms with Crippen LogP contribution in [0.15, 0.2) is 36.7 Å². The fraction of sp³-hybridized carbons (Fsp3) is 0.655. The Hall–Kier alpha value is -1.97. The molecule has 0 amide bonds. The average molecular weight is 457 g/mol. The first-order valence-electron chi connectivity index (χ1n) is 13.4. The maximum atomic E-state index is 14.0. The number of alkyl halides is 1. The molecule has 0 saturated carbocycles. The van der Waals surface area contributed by atoms with Gasteiger partial charge in [-0.2, -0.15) is 0 Å². The summed E-state index contributed by atoms with van der Waals surface area (Å²) in [4.78, 5) is 9.09. The van der Waals surface area contributed by atoms with E-state index in [2.05, 4.69) is 23.8 Å². The summed E-state index contributed by atoms with van der Waals surface area (Å²) in [5, 5.41) is 0. The molecular weight excluding hydrogens is 411 g/mol. The Morgan fingerprint density at radius 3 is 1.94 bits per heavy atom. The van der Waals surface area contributed by atoms with Crippen LogP contribution in [-0.4, -0.2) is 22.7 Å². The van der Waals surface area contributed by atoms with E-state index < -0.39 is 6.17 Å². The van der Waals surface area contributed by atoms with Crippen molar-refractivity contribution in [3.63, 3.8) is 0 Å². The van der Waals surface area contributed by atoms with Crippen LogP contribution in [0.25, 0.3) is 11.4 Å². The molecular formula is C29H45FN2O. The second-order valence-electron chi connectivity index (χ2n) is 9.25. The first-order valence-corrected chi connectivity index (χ1v) is 13.4. The molecule has 1 heterocycles. The largest absolute Gasteiger partial charge is 0.493 e. The molecule has 1 atom stereocenters. The van der Waals surface area contributed by atoms with Crippen LogP contribution in [-0.2, 0) is 6.42 Å². The predicted octanol–water partition coefficient (Wildman–Crippen LogP) is 8.90. The smallest absolute Gasteiger partial charge is 0.159 e. The Morgan fingerprint density at radius 1 is 0.727 bits per heavy atom. The second-order valence-corrected chi connectivity index (χ2v) is 9.25. The third kappa shape index (κ3) is 12.2. The van der Waals surface area contributed by atoms with Crippen molar-refractivity contribution in [2.45, 2.75) is 116 Å². The number of rotatable bonds is 19. The Balaban J connectivity index is 1.63. The van der Waals surface area contributed by atoms with Crippen LogP contribution in [0.4, 0.5) is 4.39 Å². The van der Waals surface area contributed by atoms with Gasteiger partial charge >= 0.3 is 0 Å². The molecule has 0 fully saturated rings. The molecule has 0 bridgehead atoms. The molecule has 1 unspecified atom stereocenters. The summed E-state index contributed by atoms with van der Waals surface area (Å²) in [6, 6.07) is 7.79. The van der Waals surface area contributed by atoms with Gasteiger partial charge in [0.2, 0.25) is 0 Å². The highest BCUT2D eigenvalue weighted by Gasteiger charge is 2.07. The lowest BCUT2D eigenvalue weighted by Gasteiger charge is -2.10. The Bertz CT molecular complexity index is 717. The molecule has 184 valence electrons. The normalized spacial score (nSPS) is 12.1. The molecule has 1 aromatic carbocycles. The SMILES string of the molecule is CCCCCCCCc1cnc(-c2ccc(OCCC(F)CCCCCCCC)cc2)nc1. The number of aryl methyl sites for hydroxylation is 1. The lowest BCUT2D eigenvalue weighted by atomic mass is 10.1. The molecule has 0 aliphatic rings. The zero-order chi connectivity index (χ0) is 23.6. The molecule has 0 N–H and O–H groups in total. The van der Waals surface area contributed by atoms with Gasteiger partial charge in [0.1, 0.15) is 11.9 Å². The number of ether oxygens (including phenoxy) is 1. The topological polar surface area (TPSA) is 35.0 Å². The minimum atomic E-state index is -0.765. The van der Waals surface area contributed by atoms with Crippen molar-refractivity contribution in [1.29, 1.82) is 0 Å². The quantitative estimate of drug-likeness (QED) is 0.198. The first kappa shape index (κ1) is 27.3. The predicted molar refractivity (Wildman–Crippen MR) is 138 cm³/mol. The number of hydrogen-bond donors (Lipinski definition) is 0. The molecule has 1 aromatic heterocycles. The Labute approximate surface area is 201 Å². The third-order valence-corrected chi connectivity index (χ3v) is 6.21. The summed E-state index contributed by atoms with van der Waals surface area (Å²) in [6.45, 7) is 4.88. The van der Waals surface area contributed by atoms with Crippen molar-refractivity contribution in [1.82, 2.24) is 9.97 Å². The summed E-state index contributed by atoms with van der Waals surface area (Å²) in [6.07, 6.45) is 20.3. The number of nitrogens with zero attached hydrogens (tertiary/aromatic N) is 2. The van der Waals surface area contributed by atoms with Gasteiger partial charge in [-0.1, -0.05) is 84.5 Å². The van der Waals surface area contributed by atoms with Gasteiger partial charge < -0.3 is 4.74 Å². The van der Waals surface area contributed by atoms with E-state index >= 15 is 0 Å². The lowest BCUT2D eigenvalue weighted by molar-refractivity contribution is 0.222. The molecule has 3 nitrogen and oxygen atoms in total. The molecule has 4 heteroatoms. The zero-order valence-electron chi connectivity index (χ0n) is 21.0. The number of unbranched alkanes of at least 4 members (excludes halogenated alkanes) is 10. The second kappa shape index (κ2) is 17.5. The van der Waals surface area contributed by atoms with Gasteiger partial charge in [-0.25, -0.2) is 14.4 Å². The summed E-state index contributed by atoms with van der Waals surface area (Å²) >= 11 is 0. The summed E-state index contributed by atoms with van der Waals surface area (Å²) in [7, 11) is 0. The number of halogens is 1. The van der Waals surface area contributed by atoms with Gasteiger partial charge in [0, 0.05) is 24.4 Å². The monoisotopic (exact) mass is 456 g/mol. The van der Waals surface area contributed by atoms with Crippen molar-refractivity contribution in [3.05, 3.63) is 42.2 Å². The molecule has 2 rings (SSSR count). The van der Waals surface area contributed by atoms with E-state index in [1.165, 1.54) is 69.8 Å². The number of aromatic nitrogens is 2. The molecule has 0 aliphatic heterocycles. The highest BCUT2D eigenvalue weighted by atomic mass is 19.1. The van der Waals surface area contributed by atoms with Crippen molar-refractivity contribution in [2.75, 3.05) is 6.61 Å². The van der Waals surface area contributed by atoms with E-state index in [4.69, 9.17) is 4.74 Å². The first-order chi connectivity index (χ1) is 16.2. The molecule has 0 radical (unpaired) electrons. The number of benzene rings is 1. The van der Waals surface area contributed by atoms with E-state index in [0.29, 0.717) is 19.4 Å². The van der Waals surface area contributed by atoms with Crippen LogP contribution in [0.5, 0.6) is 5.75 Å². The van der Waals surface area contributed by atoms with E-state index in [1.54, 1.807) is 0 Å². The highest BCUT2D eigenvalue weighted by molar-refractivity contribution is 5.55. The van der Waals surface area contributed by atoms with Gasteiger partial charge in [-0.15, -0.1) is 0 Å².